The first-order valence-electron chi connectivity index (χ1n) is 4.71. The first-order valence-corrected chi connectivity index (χ1v) is 6.86. The van der Waals surface area contributed by atoms with Crippen LogP contribution in [0.1, 0.15) is 13.3 Å². The molecule has 2 aliphatic rings. The molecule has 1 N–H and O–H groups in total. The van der Waals surface area contributed by atoms with Crippen molar-refractivity contribution in [3.63, 3.8) is 0 Å². The Morgan fingerprint density at radius 3 is 2.44 bits per heavy atom. The Kier molecular flexibility index (Phi) is 2.98. The molecule has 0 radical (unpaired) electrons. The highest BCUT2D eigenvalue weighted by Gasteiger charge is 2.42. The lowest BCUT2D eigenvalue weighted by Gasteiger charge is -2.14. The summed E-state index contributed by atoms with van der Waals surface area (Å²) in [6.45, 7) is 2.05. The van der Waals surface area contributed by atoms with Gasteiger partial charge in [0.1, 0.15) is 4.20 Å². The van der Waals surface area contributed by atoms with Crippen LogP contribution >= 0.6 is 21.6 Å². The zero-order chi connectivity index (χ0) is 11.8. The van der Waals surface area contributed by atoms with E-state index in [1.165, 1.54) is 12.2 Å². The van der Waals surface area contributed by atoms with E-state index in [1.807, 2.05) is 6.92 Å². The predicted molar refractivity (Wildman–Crippen MR) is 62.2 cm³/mol. The number of hydrogen-bond donors (Lipinski definition) is 1. The van der Waals surface area contributed by atoms with Crippen molar-refractivity contribution >= 4 is 39.3 Å². The van der Waals surface area contributed by atoms with Crippen LogP contribution in [0, 0.1) is 0 Å². The van der Waals surface area contributed by atoms with Crippen molar-refractivity contribution in [2.45, 2.75) is 17.5 Å². The minimum Gasteiger partial charge on any atom is -0.332 e. The van der Waals surface area contributed by atoms with E-state index in [4.69, 9.17) is 0 Å². The number of nitrogens with zero attached hydrogens (tertiary/aromatic N) is 1. The summed E-state index contributed by atoms with van der Waals surface area (Å²) in [4.78, 5) is 34.9. The molecular weight excluding hydrogens is 248 g/mol. The molecule has 3 amide bonds. The monoisotopic (exact) mass is 258 g/mol. The second kappa shape index (κ2) is 4.14. The molecule has 1 saturated heterocycles. The Labute approximate surface area is 100 Å². The fourth-order valence-electron chi connectivity index (χ4n) is 1.28. The smallest absolute Gasteiger partial charge is 0.253 e. The molecule has 0 aromatic rings. The maximum absolute atomic E-state index is 11.5. The largest absolute Gasteiger partial charge is 0.332 e. The molecule has 0 spiro atoms. The molecule has 0 aromatic carbocycles. The first-order chi connectivity index (χ1) is 7.50. The Morgan fingerprint density at radius 2 is 1.94 bits per heavy atom. The first kappa shape index (κ1) is 11.5. The van der Waals surface area contributed by atoms with Gasteiger partial charge in [-0.25, -0.2) is 0 Å². The van der Waals surface area contributed by atoms with Crippen molar-refractivity contribution in [3.8, 4) is 0 Å². The van der Waals surface area contributed by atoms with Gasteiger partial charge in [-0.1, -0.05) is 21.6 Å². The molecule has 0 aliphatic carbocycles. The summed E-state index contributed by atoms with van der Waals surface area (Å²) in [6.07, 6.45) is 2.58. The molecule has 0 unspecified atom stereocenters. The lowest BCUT2D eigenvalue weighted by atomic mass is 10.3. The summed E-state index contributed by atoms with van der Waals surface area (Å²) in [5.41, 5.74) is 0. The standard InChI is InChI=1S/C9H10N2O3S2/c1-9(15-16-9)10-6(12)4-5-11-7(13)2-3-8(11)14/h2-3H,4-5H2,1H3,(H,10,12). The van der Waals surface area contributed by atoms with Crippen molar-refractivity contribution in [2.75, 3.05) is 6.54 Å². The number of rotatable bonds is 4. The van der Waals surface area contributed by atoms with Crippen LogP contribution in [0.4, 0.5) is 0 Å². The highest BCUT2D eigenvalue weighted by Crippen LogP contribution is 2.62. The molecule has 2 rings (SSSR count). The summed E-state index contributed by atoms with van der Waals surface area (Å²) in [5, 5.41) is 2.80. The molecule has 5 nitrogen and oxygen atoms in total. The van der Waals surface area contributed by atoms with Crippen LogP contribution in [0.25, 0.3) is 0 Å². The zero-order valence-electron chi connectivity index (χ0n) is 8.56. The van der Waals surface area contributed by atoms with Crippen LogP contribution in [0.3, 0.4) is 0 Å². The molecule has 7 heteroatoms. The third-order valence-electron chi connectivity index (χ3n) is 2.16. The highest BCUT2D eigenvalue weighted by molar-refractivity contribution is 8.93. The van der Waals surface area contributed by atoms with E-state index in [0.29, 0.717) is 0 Å². The maximum Gasteiger partial charge on any atom is 0.253 e. The van der Waals surface area contributed by atoms with E-state index >= 15 is 0 Å². The lowest BCUT2D eigenvalue weighted by Crippen LogP contribution is -2.37. The van der Waals surface area contributed by atoms with Crippen LogP contribution in [-0.4, -0.2) is 33.4 Å². The van der Waals surface area contributed by atoms with Gasteiger partial charge >= 0.3 is 0 Å². The van der Waals surface area contributed by atoms with Crippen LogP contribution in [0.5, 0.6) is 0 Å². The molecule has 16 heavy (non-hydrogen) atoms. The minimum absolute atomic E-state index is 0.141. The van der Waals surface area contributed by atoms with Crippen molar-refractivity contribution in [2.24, 2.45) is 0 Å². The summed E-state index contributed by atoms with van der Waals surface area (Å²) in [7, 11) is 3.17. The quantitative estimate of drug-likeness (QED) is 0.451. The van der Waals surface area contributed by atoms with Gasteiger partial charge in [-0.05, 0) is 6.92 Å². The van der Waals surface area contributed by atoms with Gasteiger partial charge in [0.15, 0.2) is 0 Å². The van der Waals surface area contributed by atoms with Crippen LogP contribution < -0.4 is 5.32 Å². The molecule has 2 aliphatic heterocycles. The Hall–Kier alpha value is -0.950. The van der Waals surface area contributed by atoms with Crippen LogP contribution in [-0.2, 0) is 14.4 Å². The number of hydrogen-bond acceptors (Lipinski definition) is 5. The van der Waals surface area contributed by atoms with Gasteiger partial charge in [0.25, 0.3) is 11.8 Å². The van der Waals surface area contributed by atoms with Gasteiger partial charge in [-0.15, -0.1) is 0 Å². The van der Waals surface area contributed by atoms with Crippen LogP contribution in [0.15, 0.2) is 12.2 Å². The number of imide groups is 1. The minimum atomic E-state index is -0.348. The van der Waals surface area contributed by atoms with Gasteiger partial charge in [0, 0.05) is 25.1 Å². The third-order valence-corrected chi connectivity index (χ3v) is 5.03. The summed E-state index contributed by atoms with van der Waals surface area (Å²) in [5.74, 6) is -0.842. The lowest BCUT2D eigenvalue weighted by molar-refractivity contribution is -0.137. The molecule has 1 fully saturated rings. The molecule has 0 saturated carbocycles. The van der Waals surface area contributed by atoms with Crippen molar-refractivity contribution in [1.82, 2.24) is 10.2 Å². The fraction of sp³-hybridized carbons (Fsp3) is 0.444. The number of carbonyl (C=O) groups excluding carboxylic acids is 3. The number of nitrogens with one attached hydrogen (secondary N) is 1. The van der Waals surface area contributed by atoms with E-state index in [2.05, 4.69) is 5.32 Å². The van der Waals surface area contributed by atoms with Crippen molar-refractivity contribution < 1.29 is 14.4 Å². The summed E-state index contributed by atoms with van der Waals surface area (Å²) < 4.78 is -0.214. The van der Waals surface area contributed by atoms with E-state index in [-0.39, 0.29) is 34.9 Å². The highest BCUT2D eigenvalue weighted by atomic mass is 33.2. The fourth-order valence-corrected chi connectivity index (χ4v) is 2.35. The van der Waals surface area contributed by atoms with Gasteiger partial charge < -0.3 is 5.32 Å². The van der Waals surface area contributed by atoms with Gasteiger partial charge in [0.05, 0.1) is 0 Å². The molecule has 0 aromatic heterocycles. The van der Waals surface area contributed by atoms with E-state index < -0.39 is 0 Å². The predicted octanol–water partition coefficient (Wildman–Crippen LogP) is 0.486. The van der Waals surface area contributed by atoms with E-state index in [0.717, 1.165) is 4.90 Å². The van der Waals surface area contributed by atoms with Crippen molar-refractivity contribution in [3.05, 3.63) is 12.2 Å². The molecule has 0 bridgehead atoms. The normalized spacial score (nSPS) is 21.4. The molecule has 86 valence electrons. The van der Waals surface area contributed by atoms with Gasteiger partial charge in [0.2, 0.25) is 5.91 Å². The number of amides is 3. The molecule has 2 heterocycles. The molecular formula is C9H10N2O3S2. The van der Waals surface area contributed by atoms with E-state index in [1.54, 1.807) is 21.6 Å². The average Bonchev–Trinajstić information content (AvgIpc) is 2.83. The Morgan fingerprint density at radius 1 is 1.38 bits per heavy atom. The maximum atomic E-state index is 11.5. The zero-order valence-corrected chi connectivity index (χ0v) is 10.2. The van der Waals surface area contributed by atoms with Crippen molar-refractivity contribution in [1.29, 1.82) is 0 Å². The van der Waals surface area contributed by atoms with Crippen LogP contribution in [0.2, 0.25) is 0 Å². The van der Waals surface area contributed by atoms with Gasteiger partial charge in [-0.2, -0.15) is 0 Å². The second-order valence-corrected chi connectivity index (χ2v) is 6.80. The number of carbonyl (C=O) groups is 3. The second-order valence-electron chi connectivity index (χ2n) is 3.57. The molecule has 0 atom stereocenters. The SMILES string of the molecule is CC1(NC(=O)CCN2C(=O)C=CC2=O)SS1. The summed E-state index contributed by atoms with van der Waals surface area (Å²) in [6, 6.07) is 0. The average molecular weight is 258 g/mol. The van der Waals surface area contributed by atoms with E-state index in [9.17, 15) is 14.4 Å². The Balaban J connectivity index is 1.77. The topological polar surface area (TPSA) is 66.5 Å². The van der Waals surface area contributed by atoms with Gasteiger partial charge in [-0.3, -0.25) is 19.3 Å². The summed E-state index contributed by atoms with van der Waals surface area (Å²) >= 11 is 0. The Bertz CT molecular complexity index is 372. The third kappa shape index (κ3) is 2.59.